The van der Waals surface area contributed by atoms with Crippen molar-refractivity contribution in [3.63, 3.8) is 0 Å². The first kappa shape index (κ1) is 14.3. The summed E-state index contributed by atoms with van der Waals surface area (Å²) in [6.45, 7) is 5.72. The van der Waals surface area contributed by atoms with E-state index in [1.54, 1.807) is 0 Å². The molecule has 0 heterocycles. The molecular weight excluding hydrogens is 317 g/mol. The highest BCUT2D eigenvalue weighted by Crippen LogP contribution is 2.36. The van der Waals surface area contributed by atoms with Crippen molar-refractivity contribution < 1.29 is 8.94 Å². The molecule has 1 aliphatic rings. The minimum Gasteiger partial charge on any atom is -0.598 e. The summed E-state index contributed by atoms with van der Waals surface area (Å²) in [6.07, 6.45) is 1.62. The summed E-state index contributed by atoms with van der Waals surface area (Å²) < 4.78 is 29.5. The Balaban J connectivity index is 2.22. The number of aryl methyl sites for hydroxylation is 1. The fourth-order valence-corrected chi connectivity index (χ4v) is 3.43. The van der Waals surface area contributed by atoms with Crippen molar-refractivity contribution in [3.05, 3.63) is 33.5 Å². The van der Waals surface area contributed by atoms with Gasteiger partial charge in [-0.2, -0.15) is 0 Å². The number of benzene rings is 1. The summed E-state index contributed by atoms with van der Waals surface area (Å²) in [5, 5.41) is 0. The molecule has 0 bridgehead atoms. The first-order valence-corrected chi connectivity index (χ1v) is 7.89. The molecule has 1 aromatic rings. The first-order valence-electron chi connectivity index (χ1n) is 5.95. The summed E-state index contributed by atoms with van der Waals surface area (Å²) in [4.78, 5) is 0. The topological polar surface area (TPSA) is 35.1 Å². The molecule has 2 nitrogen and oxygen atoms in total. The molecule has 5 heteroatoms. The Labute approximate surface area is 119 Å². The zero-order valence-corrected chi connectivity index (χ0v) is 13.1. The van der Waals surface area contributed by atoms with E-state index in [1.165, 1.54) is 6.07 Å². The van der Waals surface area contributed by atoms with Gasteiger partial charge in [-0.3, -0.25) is 0 Å². The molecule has 0 fully saturated rings. The van der Waals surface area contributed by atoms with E-state index in [9.17, 15) is 8.94 Å². The van der Waals surface area contributed by atoms with Gasteiger partial charge >= 0.3 is 0 Å². The van der Waals surface area contributed by atoms with Gasteiger partial charge in [0.1, 0.15) is 10.6 Å². The second kappa shape index (κ2) is 5.12. The number of hydrogen-bond donors (Lipinski definition) is 1. The van der Waals surface area contributed by atoms with E-state index < -0.39 is 11.4 Å². The Bertz CT molecular complexity index is 461. The third kappa shape index (κ3) is 2.90. The Morgan fingerprint density at radius 3 is 2.72 bits per heavy atom. The van der Waals surface area contributed by atoms with Crippen LogP contribution in [0.15, 0.2) is 16.6 Å². The molecule has 18 heavy (non-hydrogen) atoms. The second-order valence-corrected chi connectivity index (χ2v) is 8.46. The lowest BCUT2D eigenvalue weighted by Gasteiger charge is -2.26. The van der Waals surface area contributed by atoms with Crippen LogP contribution in [0.3, 0.4) is 0 Å². The molecule has 2 rings (SSSR count). The highest BCUT2D eigenvalue weighted by molar-refractivity contribution is 9.10. The van der Waals surface area contributed by atoms with Crippen LogP contribution >= 0.6 is 15.9 Å². The minimum absolute atomic E-state index is 0.145. The Kier molecular flexibility index (Phi) is 4.07. The fourth-order valence-electron chi connectivity index (χ4n) is 2.10. The number of nitrogens with one attached hydrogen (secondary N) is 1. The third-order valence-corrected chi connectivity index (χ3v) is 5.11. The summed E-state index contributed by atoms with van der Waals surface area (Å²) in [5.74, 6) is -0.222. The largest absolute Gasteiger partial charge is 0.598 e. The fraction of sp³-hybridized carbons (Fsp3) is 0.538. The van der Waals surface area contributed by atoms with Gasteiger partial charge in [0.25, 0.3) is 0 Å². The number of rotatable bonds is 2. The van der Waals surface area contributed by atoms with Gasteiger partial charge in [0.05, 0.1) is 6.04 Å². The molecule has 2 atom stereocenters. The molecule has 0 aromatic heterocycles. The van der Waals surface area contributed by atoms with E-state index in [2.05, 4.69) is 20.7 Å². The van der Waals surface area contributed by atoms with Gasteiger partial charge in [-0.05, 0) is 51.3 Å². The molecule has 1 aliphatic carbocycles. The van der Waals surface area contributed by atoms with Gasteiger partial charge < -0.3 is 4.55 Å². The molecule has 0 saturated carbocycles. The highest BCUT2D eigenvalue weighted by Gasteiger charge is 2.34. The van der Waals surface area contributed by atoms with Gasteiger partial charge in [0, 0.05) is 21.4 Å². The van der Waals surface area contributed by atoms with Crippen LogP contribution in [-0.4, -0.2) is 9.30 Å². The van der Waals surface area contributed by atoms with Crippen molar-refractivity contribution in [2.24, 2.45) is 0 Å². The SMILES string of the molecule is CC(C)(C)[S+]([O-])NC1CCc2cc(Br)cc(F)c21. The maximum absolute atomic E-state index is 14.0. The third-order valence-electron chi connectivity index (χ3n) is 3.04. The van der Waals surface area contributed by atoms with Crippen LogP contribution < -0.4 is 4.72 Å². The molecule has 0 spiro atoms. The summed E-state index contributed by atoms with van der Waals surface area (Å²) >= 11 is 2.12. The zero-order valence-electron chi connectivity index (χ0n) is 10.7. The summed E-state index contributed by atoms with van der Waals surface area (Å²) in [7, 11) is 0. The molecule has 1 N–H and O–H groups in total. The van der Waals surface area contributed by atoms with Crippen LogP contribution in [0.25, 0.3) is 0 Å². The first-order chi connectivity index (χ1) is 8.29. The lowest BCUT2D eigenvalue weighted by molar-refractivity contribution is 0.512. The standard InChI is InChI=1S/C13H17BrFNOS/c1-13(2,3)18(17)16-11-5-4-8-6-9(14)7-10(15)12(8)11/h6-7,11,16H,4-5H2,1-3H3. The predicted molar refractivity (Wildman–Crippen MR) is 76.2 cm³/mol. The molecular formula is C13H17BrFNOS. The monoisotopic (exact) mass is 333 g/mol. The van der Waals surface area contributed by atoms with Crippen LogP contribution in [-0.2, 0) is 17.8 Å². The van der Waals surface area contributed by atoms with E-state index in [1.807, 2.05) is 26.8 Å². The normalized spacial score (nSPS) is 20.9. The van der Waals surface area contributed by atoms with Crippen LogP contribution in [0, 0.1) is 5.82 Å². The Hall–Kier alpha value is -0.100. The van der Waals surface area contributed by atoms with Gasteiger partial charge in [-0.25, -0.2) is 4.39 Å². The van der Waals surface area contributed by atoms with Gasteiger partial charge in [0.2, 0.25) is 0 Å². The van der Waals surface area contributed by atoms with Crippen molar-refractivity contribution in [1.29, 1.82) is 0 Å². The maximum Gasteiger partial charge on any atom is 0.136 e. The number of halogens is 2. The van der Waals surface area contributed by atoms with E-state index in [4.69, 9.17) is 0 Å². The highest BCUT2D eigenvalue weighted by atomic mass is 79.9. The predicted octanol–water partition coefficient (Wildman–Crippen LogP) is 3.63. The lowest BCUT2D eigenvalue weighted by Crippen LogP contribution is -2.40. The maximum atomic E-state index is 14.0. The Morgan fingerprint density at radius 2 is 2.11 bits per heavy atom. The van der Waals surface area contributed by atoms with Gasteiger partial charge in [-0.15, -0.1) is 4.72 Å². The average Bonchev–Trinajstić information content (AvgIpc) is 2.59. The van der Waals surface area contributed by atoms with Gasteiger partial charge in [-0.1, -0.05) is 15.9 Å². The van der Waals surface area contributed by atoms with Crippen molar-refractivity contribution >= 4 is 27.3 Å². The molecule has 0 aliphatic heterocycles. The zero-order chi connectivity index (χ0) is 13.5. The van der Waals surface area contributed by atoms with E-state index in [0.717, 1.165) is 22.9 Å². The molecule has 100 valence electrons. The van der Waals surface area contributed by atoms with Crippen LogP contribution in [0.4, 0.5) is 4.39 Å². The molecule has 0 amide bonds. The van der Waals surface area contributed by atoms with E-state index >= 15 is 0 Å². The molecule has 0 radical (unpaired) electrons. The molecule has 0 saturated heterocycles. The van der Waals surface area contributed by atoms with Crippen molar-refractivity contribution in [1.82, 2.24) is 4.72 Å². The minimum atomic E-state index is -1.18. The average molecular weight is 334 g/mol. The second-order valence-electron chi connectivity index (χ2n) is 5.55. The van der Waals surface area contributed by atoms with Crippen molar-refractivity contribution in [2.75, 3.05) is 0 Å². The van der Waals surface area contributed by atoms with Crippen LogP contribution in [0.2, 0.25) is 0 Å². The van der Waals surface area contributed by atoms with Crippen molar-refractivity contribution in [2.45, 2.75) is 44.4 Å². The van der Waals surface area contributed by atoms with Crippen molar-refractivity contribution in [3.8, 4) is 0 Å². The van der Waals surface area contributed by atoms with E-state index in [0.29, 0.717) is 5.56 Å². The molecule has 2 unspecified atom stereocenters. The quantitative estimate of drug-likeness (QED) is 0.839. The smallest absolute Gasteiger partial charge is 0.136 e. The lowest BCUT2D eigenvalue weighted by atomic mass is 10.1. The Morgan fingerprint density at radius 1 is 1.44 bits per heavy atom. The van der Waals surface area contributed by atoms with Gasteiger partial charge in [0.15, 0.2) is 0 Å². The number of hydrogen-bond acceptors (Lipinski definition) is 2. The molecule has 1 aromatic carbocycles. The summed E-state index contributed by atoms with van der Waals surface area (Å²) in [6, 6.07) is 3.27. The van der Waals surface area contributed by atoms with Crippen LogP contribution in [0.1, 0.15) is 44.4 Å². The summed E-state index contributed by atoms with van der Waals surface area (Å²) in [5.41, 5.74) is 1.68. The van der Waals surface area contributed by atoms with E-state index in [-0.39, 0.29) is 16.6 Å². The van der Waals surface area contributed by atoms with Crippen LogP contribution in [0.5, 0.6) is 0 Å². The number of fused-ring (bicyclic) bond motifs is 1.